The van der Waals surface area contributed by atoms with Crippen molar-refractivity contribution >= 4 is 40.8 Å². The molecule has 1 N–H and O–H groups in total. The van der Waals surface area contributed by atoms with Crippen LogP contribution in [0.4, 0.5) is 4.79 Å². The van der Waals surface area contributed by atoms with Gasteiger partial charge in [-0.3, -0.25) is 24.1 Å². The highest BCUT2D eigenvalue weighted by molar-refractivity contribution is 8.18. The number of carbonyl (C=O) groups is 4. The van der Waals surface area contributed by atoms with Crippen molar-refractivity contribution in [2.75, 3.05) is 19.6 Å². The summed E-state index contributed by atoms with van der Waals surface area (Å²) in [6.45, 7) is 0.668. The maximum atomic E-state index is 12.8. The van der Waals surface area contributed by atoms with Gasteiger partial charge in [-0.2, -0.15) is 0 Å². The average molecular weight is 454 g/mol. The van der Waals surface area contributed by atoms with E-state index in [0.29, 0.717) is 17.9 Å². The summed E-state index contributed by atoms with van der Waals surface area (Å²) in [5, 5.41) is 2.41. The standard InChI is InChI=1S/C23H23N3O5S/c27-20(17-9-4-5-12-25(17)21(28)18-10-6-14-31-18)24-11-13-26-22(29)19(32-23(26)30)15-16-7-2-1-3-8-16/h1-3,6-8,10,14-15,17H,4-5,9,11-13H2,(H,24,27)/b19-15+. The molecule has 3 heterocycles. The summed E-state index contributed by atoms with van der Waals surface area (Å²) >= 11 is 0.889. The predicted molar refractivity (Wildman–Crippen MR) is 120 cm³/mol. The molecule has 0 bridgehead atoms. The largest absolute Gasteiger partial charge is 0.459 e. The second-order valence-electron chi connectivity index (χ2n) is 7.52. The van der Waals surface area contributed by atoms with Crippen LogP contribution in [0, 0.1) is 0 Å². The molecule has 1 unspecified atom stereocenters. The number of benzene rings is 1. The molecule has 0 aliphatic carbocycles. The minimum Gasteiger partial charge on any atom is -0.459 e. The van der Waals surface area contributed by atoms with Crippen LogP contribution in [0.5, 0.6) is 0 Å². The lowest BCUT2D eigenvalue weighted by atomic mass is 10.0. The van der Waals surface area contributed by atoms with Crippen LogP contribution in [-0.2, 0) is 9.59 Å². The molecule has 166 valence electrons. The third-order valence-corrected chi connectivity index (χ3v) is 6.31. The van der Waals surface area contributed by atoms with Gasteiger partial charge in [-0.05, 0) is 54.8 Å². The first-order valence-corrected chi connectivity index (χ1v) is 11.3. The Bertz CT molecular complexity index is 1040. The smallest absolute Gasteiger partial charge is 0.293 e. The highest BCUT2D eigenvalue weighted by Gasteiger charge is 2.36. The SMILES string of the molecule is O=C(NCCN1C(=O)S/C(=C/c2ccccc2)C1=O)C1CCCCN1C(=O)c1ccco1. The normalized spacial score (nSPS) is 20.1. The van der Waals surface area contributed by atoms with Crippen LogP contribution in [0.2, 0.25) is 0 Å². The van der Waals surface area contributed by atoms with E-state index in [-0.39, 0.29) is 41.8 Å². The molecule has 1 aromatic carbocycles. The summed E-state index contributed by atoms with van der Waals surface area (Å²) in [5.74, 6) is -0.777. The first kappa shape index (κ1) is 21.9. The van der Waals surface area contributed by atoms with Crippen molar-refractivity contribution in [2.45, 2.75) is 25.3 Å². The Morgan fingerprint density at radius 3 is 2.69 bits per heavy atom. The van der Waals surface area contributed by atoms with Gasteiger partial charge in [-0.25, -0.2) is 0 Å². The molecule has 2 aromatic rings. The lowest BCUT2D eigenvalue weighted by molar-refractivity contribution is -0.127. The number of hydrogen-bond donors (Lipinski definition) is 1. The van der Waals surface area contributed by atoms with Crippen molar-refractivity contribution in [2.24, 2.45) is 0 Å². The lowest BCUT2D eigenvalue weighted by Crippen LogP contribution is -2.52. The third-order valence-electron chi connectivity index (χ3n) is 5.40. The summed E-state index contributed by atoms with van der Waals surface area (Å²) in [4.78, 5) is 53.4. The maximum absolute atomic E-state index is 12.8. The Balaban J connectivity index is 1.34. The highest BCUT2D eigenvalue weighted by Crippen LogP contribution is 2.31. The fraction of sp³-hybridized carbons (Fsp3) is 0.304. The second kappa shape index (κ2) is 9.86. The molecule has 8 nitrogen and oxygen atoms in total. The number of thioether (sulfide) groups is 1. The molecule has 4 amide bonds. The lowest BCUT2D eigenvalue weighted by Gasteiger charge is -2.34. The van der Waals surface area contributed by atoms with E-state index in [1.165, 1.54) is 11.2 Å². The first-order valence-electron chi connectivity index (χ1n) is 10.5. The van der Waals surface area contributed by atoms with Gasteiger partial charge in [0, 0.05) is 19.6 Å². The van der Waals surface area contributed by atoms with Crippen molar-refractivity contribution in [3.63, 3.8) is 0 Å². The van der Waals surface area contributed by atoms with Crippen LogP contribution in [0.3, 0.4) is 0 Å². The Labute approximate surface area is 189 Å². The molecule has 0 radical (unpaired) electrons. The average Bonchev–Trinajstić information content (AvgIpc) is 3.44. The molecule has 32 heavy (non-hydrogen) atoms. The number of carbonyl (C=O) groups excluding carboxylic acids is 4. The van der Waals surface area contributed by atoms with E-state index < -0.39 is 6.04 Å². The van der Waals surface area contributed by atoms with Gasteiger partial charge < -0.3 is 14.6 Å². The summed E-state index contributed by atoms with van der Waals surface area (Å²) in [5.41, 5.74) is 0.838. The van der Waals surface area contributed by atoms with E-state index in [4.69, 9.17) is 4.42 Å². The number of nitrogens with zero attached hydrogens (tertiary/aromatic N) is 2. The van der Waals surface area contributed by atoms with Gasteiger partial charge in [0.1, 0.15) is 6.04 Å². The van der Waals surface area contributed by atoms with Crippen LogP contribution in [-0.4, -0.2) is 58.4 Å². The molecule has 0 spiro atoms. The predicted octanol–water partition coefficient (Wildman–Crippen LogP) is 3.13. The van der Waals surface area contributed by atoms with Gasteiger partial charge >= 0.3 is 0 Å². The van der Waals surface area contributed by atoms with Gasteiger partial charge in [0.25, 0.3) is 17.1 Å². The number of likely N-dealkylation sites (tertiary alicyclic amines) is 1. The summed E-state index contributed by atoms with van der Waals surface area (Å²) < 4.78 is 5.19. The number of nitrogens with one attached hydrogen (secondary N) is 1. The van der Waals surface area contributed by atoms with E-state index in [2.05, 4.69) is 5.32 Å². The molecular weight excluding hydrogens is 430 g/mol. The topological polar surface area (TPSA) is 99.9 Å². The second-order valence-corrected chi connectivity index (χ2v) is 8.52. The van der Waals surface area contributed by atoms with Crippen LogP contribution >= 0.6 is 11.8 Å². The number of furan rings is 1. The van der Waals surface area contributed by atoms with Gasteiger partial charge in [0.15, 0.2) is 5.76 Å². The third kappa shape index (κ3) is 4.77. The molecule has 2 aliphatic rings. The molecule has 2 fully saturated rings. The van der Waals surface area contributed by atoms with Crippen molar-refractivity contribution in [3.05, 3.63) is 65.0 Å². The summed E-state index contributed by atoms with van der Waals surface area (Å²) in [6.07, 6.45) is 5.33. The number of piperidine rings is 1. The van der Waals surface area contributed by atoms with Crippen molar-refractivity contribution in [3.8, 4) is 0 Å². The fourth-order valence-corrected chi connectivity index (χ4v) is 4.66. The minimum atomic E-state index is -0.603. The van der Waals surface area contributed by atoms with Crippen LogP contribution < -0.4 is 5.32 Å². The molecule has 1 atom stereocenters. The summed E-state index contributed by atoms with van der Waals surface area (Å²) in [7, 11) is 0. The Morgan fingerprint density at radius 2 is 1.94 bits per heavy atom. The highest BCUT2D eigenvalue weighted by atomic mass is 32.2. The first-order chi connectivity index (χ1) is 15.5. The molecule has 2 aliphatic heterocycles. The molecule has 2 saturated heterocycles. The zero-order chi connectivity index (χ0) is 22.5. The molecular formula is C23H23N3O5S. The Kier molecular flexibility index (Phi) is 6.75. The number of amides is 4. The van der Waals surface area contributed by atoms with Crippen LogP contribution in [0.15, 0.2) is 58.1 Å². The fourth-order valence-electron chi connectivity index (χ4n) is 3.79. The molecule has 4 rings (SSSR count). The maximum Gasteiger partial charge on any atom is 0.293 e. The van der Waals surface area contributed by atoms with Crippen molar-refractivity contribution < 1.29 is 23.6 Å². The zero-order valence-corrected chi connectivity index (χ0v) is 18.2. The molecule has 9 heteroatoms. The summed E-state index contributed by atoms with van der Waals surface area (Å²) in [6, 6.07) is 11.9. The Morgan fingerprint density at radius 1 is 1.12 bits per heavy atom. The Hall–Kier alpha value is -3.33. The minimum absolute atomic E-state index is 0.0708. The monoisotopic (exact) mass is 453 g/mol. The van der Waals surface area contributed by atoms with Crippen LogP contribution in [0.25, 0.3) is 6.08 Å². The van der Waals surface area contributed by atoms with Gasteiger partial charge in [0.05, 0.1) is 11.2 Å². The zero-order valence-electron chi connectivity index (χ0n) is 17.4. The number of imide groups is 1. The quantitative estimate of drug-likeness (QED) is 0.675. The van der Waals surface area contributed by atoms with E-state index in [1.54, 1.807) is 18.2 Å². The number of hydrogen-bond acceptors (Lipinski definition) is 6. The van der Waals surface area contributed by atoms with E-state index in [1.807, 2.05) is 30.3 Å². The van der Waals surface area contributed by atoms with Gasteiger partial charge in [-0.1, -0.05) is 30.3 Å². The van der Waals surface area contributed by atoms with Crippen LogP contribution in [0.1, 0.15) is 35.4 Å². The van der Waals surface area contributed by atoms with Gasteiger partial charge in [-0.15, -0.1) is 0 Å². The molecule has 0 saturated carbocycles. The van der Waals surface area contributed by atoms with E-state index >= 15 is 0 Å². The van der Waals surface area contributed by atoms with E-state index in [0.717, 1.165) is 35.1 Å². The van der Waals surface area contributed by atoms with Gasteiger partial charge in [0.2, 0.25) is 5.91 Å². The number of rotatable bonds is 6. The van der Waals surface area contributed by atoms with Crippen molar-refractivity contribution in [1.82, 2.24) is 15.1 Å². The molecule has 1 aromatic heterocycles. The van der Waals surface area contributed by atoms with Crippen molar-refractivity contribution in [1.29, 1.82) is 0 Å². The van der Waals surface area contributed by atoms with E-state index in [9.17, 15) is 19.2 Å².